The summed E-state index contributed by atoms with van der Waals surface area (Å²) >= 11 is 5.93. The van der Waals surface area contributed by atoms with Gasteiger partial charge in [0.25, 0.3) is 0 Å². The highest BCUT2D eigenvalue weighted by Crippen LogP contribution is 2.26. The van der Waals surface area contributed by atoms with E-state index >= 15 is 0 Å². The standard InChI is InChI=1S/C14H12ClF3N2O/c1-2-3-10-8-12(15)20-13(19-10)9-4-6-11(7-5-9)21-14(16,17)18/h4-8H,2-3H2,1H3. The van der Waals surface area contributed by atoms with E-state index in [4.69, 9.17) is 11.6 Å². The summed E-state index contributed by atoms with van der Waals surface area (Å²) in [5.41, 5.74) is 1.37. The van der Waals surface area contributed by atoms with Gasteiger partial charge in [0.1, 0.15) is 10.9 Å². The van der Waals surface area contributed by atoms with Gasteiger partial charge in [-0.05, 0) is 36.8 Å². The molecule has 0 aliphatic carbocycles. The van der Waals surface area contributed by atoms with Crippen molar-refractivity contribution in [1.82, 2.24) is 9.97 Å². The molecular weight excluding hydrogens is 305 g/mol. The molecule has 2 aromatic rings. The van der Waals surface area contributed by atoms with Crippen molar-refractivity contribution in [2.75, 3.05) is 0 Å². The number of aryl methyl sites for hydroxylation is 1. The Kier molecular flexibility index (Phi) is 4.67. The van der Waals surface area contributed by atoms with Crippen LogP contribution in [0, 0.1) is 0 Å². The Hall–Kier alpha value is -1.82. The summed E-state index contributed by atoms with van der Waals surface area (Å²) in [6, 6.07) is 7.03. The van der Waals surface area contributed by atoms with Gasteiger partial charge in [0.05, 0.1) is 0 Å². The van der Waals surface area contributed by atoms with Crippen LogP contribution in [0.5, 0.6) is 5.75 Å². The molecule has 112 valence electrons. The first-order valence-corrected chi connectivity index (χ1v) is 6.65. The summed E-state index contributed by atoms with van der Waals surface area (Å²) < 4.78 is 40.1. The van der Waals surface area contributed by atoms with Gasteiger partial charge in [0, 0.05) is 11.3 Å². The van der Waals surface area contributed by atoms with Gasteiger partial charge in [0.2, 0.25) is 0 Å². The Morgan fingerprint density at radius 1 is 1.14 bits per heavy atom. The normalized spacial score (nSPS) is 11.5. The fourth-order valence-corrected chi connectivity index (χ4v) is 1.99. The molecule has 0 radical (unpaired) electrons. The molecule has 0 amide bonds. The van der Waals surface area contributed by atoms with E-state index in [1.54, 1.807) is 6.07 Å². The van der Waals surface area contributed by atoms with Crippen LogP contribution in [0.25, 0.3) is 11.4 Å². The summed E-state index contributed by atoms with van der Waals surface area (Å²) in [4.78, 5) is 8.42. The molecule has 1 heterocycles. The molecule has 0 unspecified atom stereocenters. The van der Waals surface area contributed by atoms with Crippen LogP contribution >= 0.6 is 11.6 Å². The molecular formula is C14H12ClF3N2O. The molecule has 0 saturated carbocycles. The maximum absolute atomic E-state index is 12.1. The lowest BCUT2D eigenvalue weighted by molar-refractivity contribution is -0.274. The Bertz CT molecular complexity index is 615. The highest BCUT2D eigenvalue weighted by molar-refractivity contribution is 6.29. The van der Waals surface area contributed by atoms with E-state index in [1.807, 2.05) is 6.92 Å². The van der Waals surface area contributed by atoms with Crippen LogP contribution in [0.15, 0.2) is 30.3 Å². The third kappa shape index (κ3) is 4.60. The fourth-order valence-electron chi connectivity index (χ4n) is 1.78. The number of hydrogen-bond acceptors (Lipinski definition) is 3. The van der Waals surface area contributed by atoms with Gasteiger partial charge >= 0.3 is 6.36 Å². The molecule has 1 aromatic carbocycles. The lowest BCUT2D eigenvalue weighted by atomic mass is 10.2. The van der Waals surface area contributed by atoms with Gasteiger partial charge < -0.3 is 4.74 Å². The van der Waals surface area contributed by atoms with Crippen LogP contribution in [-0.4, -0.2) is 16.3 Å². The van der Waals surface area contributed by atoms with Gasteiger partial charge in [-0.1, -0.05) is 24.9 Å². The molecule has 0 fully saturated rings. The molecule has 2 rings (SSSR count). The smallest absolute Gasteiger partial charge is 0.406 e. The molecule has 0 spiro atoms. The van der Waals surface area contributed by atoms with Crippen LogP contribution in [0.1, 0.15) is 19.0 Å². The number of rotatable bonds is 4. The predicted molar refractivity (Wildman–Crippen MR) is 73.2 cm³/mol. The minimum atomic E-state index is -4.71. The highest BCUT2D eigenvalue weighted by Gasteiger charge is 2.30. The second-order valence-electron chi connectivity index (χ2n) is 4.33. The van der Waals surface area contributed by atoms with Gasteiger partial charge in [0.15, 0.2) is 5.82 Å². The summed E-state index contributed by atoms with van der Waals surface area (Å²) in [6.45, 7) is 2.01. The van der Waals surface area contributed by atoms with Crippen molar-refractivity contribution in [3.8, 4) is 17.1 Å². The molecule has 3 nitrogen and oxygen atoms in total. The molecule has 1 aromatic heterocycles. The van der Waals surface area contributed by atoms with Crippen LogP contribution in [0.2, 0.25) is 5.15 Å². The molecule has 0 atom stereocenters. The average Bonchev–Trinajstić information content (AvgIpc) is 2.37. The van der Waals surface area contributed by atoms with Crippen molar-refractivity contribution in [2.45, 2.75) is 26.1 Å². The number of aromatic nitrogens is 2. The first-order chi connectivity index (χ1) is 9.87. The van der Waals surface area contributed by atoms with Crippen LogP contribution in [0.3, 0.4) is 0 Å². The average molecular weight is 317 g/mol. The molecule has 0 saturated heterocycles. The van der Waals surface area contributed by atoms with E-state index in [-0.39, 0.29) is 5.75 Å². The summed E-state index contributed by atoms with van der Waals surface area (Å²) in [6.07, 6.45) is -3.04. The quantitative estimate of drug-likeness (QED) is 0.770. The number of halogens is 4. The van der Waals surface area contributed by atoms with Crippen LogP contribution in [-0.2, 0) is 6.42 Å². The third-order valence-corrected chi connectivity index (χ3v) is 2.79. The number of nitrogens with zero attached hydrogens (tertiary/aromatic N) is 2. The monoisotopic (exact) mass is 316 g/mol. The Balaban J connectivity index is 2.26. The van der Waals surface area contributed by atoms with E-state index in [1.165, 1.54) is 24.3 Å². The van der Waals surface area contributed by atoms with Gasteiger partial charge in [-0.3, -0.25) is 0 Å². The third-order valence-electron chi connectivity index (χ3n) is 2.60. The second-order valence-corrected chi connectivity index (χ2v) is 4.72. The largest absolute Gasteiger partial charge is 0.573 e. The fraction of sp³-hybridized carbons (Fsp3) is 0.286. The predicted octanol–water partition coefficient (Wildman–Crippen LogP) is 4.65. The second kappa shape index (κ2) is 6.30. The van der Waals surface area contributed by atoms with E-state index in [2.05, 4.69) is 14.7 Å². The van der Waals surface area contributed by atoms with Crippen molar-refractivity contribution in [3.63, 3.8) is 0 Å². The van der Waals surface area contributed by atoms with Crippen molar-refractivity contribution < 1.29 is 17.9 Å². The van der Waals surface area contributed by atoms with E-state index in [9.17, 15) is 13.2 Å². The SMILES string of the molecule is CCCc1cc(Cl)nc(-c2ccc(OC(F)(F)F)cc2)n1. The highest BCUT2D eigenvalue weighted by atomic mass is 35.5. The van der Waals surface area contributed by atoms with Crippen LogP contribution < -0.4 is 4.74 Å². The zero-order valence-electron chi connectivity index (χ0n) is 11.1. The maximum Gasteiger partial charge on any atom is 0.573 e. The Morgan fingerprint density at radius 2 is 1.81 bits per heavy atom. The molecule has 0 aliphatic rings. The van der Waals surface area contributed by atoms with E-state index < -0.39 is 6.36 Å². The molecule has 0 N–H and O–H groups in total. The zero-order valence-corrected chi connectivity index (χ0v) is 11.9. The Labute approximate surface area is 124 Å². The molecule has 7 heteroatoms. The zero-order chi connectivity index (χ0) is 15.5. The molecule has 21 heavy (non-hydrogen) atoms. The number of ether oxygens (including phenoxy) is 1. The summed E-state index contributed by atoms with van der Waals surface area (Å²) in [5, 5.41) is 0.305. The summed E-state index contributed by atoms with van der Waals surface area (Å²) in [7, 11) is 0. The van der Waals surface area contributed by atoms with Crippen molar-refractivity contribution >= 4 is 11.6 Å². The van der Waals surface area contributed by atoms with Crippen molar-refractivity contribution in [1.29, 1.82) is 0 Å². The van der Waals surface area contributed by atoms with Crippen molar-refractivity contribution in [2.24, 2.45) is 0 Å². The summed E-state index contributed by atoms with van der Waals surface area (Å²) in [5.74, 6) is 0.0894. The number of benzene rings is 1. The molecule has 0 bridgehead atoms. The van der Waals surface area contributed by atoms with Crippen molar-refractivity contribution in [3.05, 3.63) is 41.2 Å². The molecule has 0 aliphatic heterocycles. The van der Waals surface area contributed by atoms with Gasteiger partial charge in [-0.25, -0.2) is 9.97 Å². The maximum atomic E-state index is 12.1. The minimum Gasteiger partial charge on any atom is -0.406 e. The van der Waals surface area contributed by atoms with Gasteiger partial charge in [-0.2, -0.15) is 0 Å². The first kappa shape index (κ1) is 15.6. The number of alkyl halides is 3. The van der Waals surface area contributed by atoms with E-state index in [0.717, 1.165) is 18.5 Å². The van der Waals surface area contributed by atoms with Gasteiger partial charge in [-0.15, -0.1) is 13.2 Å². The minimum absolute atomic E-state index is 0.290. The Morgan fingerprint density at radius 3 is 2.38 bits per heavy atom. The van der Waals surface area contributed by atoms with E-state index in [0.29, 0.717) is 16.5 Å². The topological polar surface area (TPSA) is 35.0 Å². The first-order valence-electron chi connectivity index (χ1n) is 6.27. The number of hydrogen-bond donors (Lipinski definition) is 0. The lowest BCUT2D eigenvalue weighted by Gasteiger charge is -2.09. The lowest BCUT2D eigenvalue weighted by Crippen LogP contribution is -2.16. The van der Waals surface area contributed by atoms with Crippen LogP contribution in [0.4, 0.5) is 13.2 Å².